The Morgan fingerprint density at radius 3 is 2.45 bits per heavy atom. The van der Waals surface area contributed by atoms with Crippen molar-refractivity contribution in [3.8, 4) is 22.7 Å². The molecule has 1 aliphatic carbocycles. The Labute approximate surface area is 191 Å². The van der Waals surface area contributed by atoms with Crippen molar-refractivity contribution in [2.45, 2.75) is 37.6 Å². The van der Waals surface area contributed by atoms with Crippen LogP contribution in [0.1, 0.15) is 37.7 Å². The van der Waals surface area contributed by atoms with Gasteiger partial charge in [-0.1, -0.05) is 37.5 Å². The summed E-state index contributed by atoms with van der Waals surface area (Å²) < 4.78 is 7.02. The van der Waals surface area contributed by atoms with E-state index in [9.17, 15) is 9.59 Å². The van der Waals surface area contributed by atoms with Crippen molar-refractivity contribution in [3.05, 3.63) is 66.4 Å². The maximum absolute atomic E-state index is 13.1. The number of methoxy groups -OCH3 is 1. The Balaban J connectivity index is 1.50. The fourth-order valence-corrected chi connectivity index (χ4v) is 4.49. The minimum Gasteiger partial charge on any atom is -0.497 e. The number of urea groups is 1. The largest absolute Gasteiger partial charge is 0.497 e. The van der Waals surface area contributed by atoms with Gasteiger partial charge in [0.15, 0.2) is 0 Å². The number of nitrogens with one attached hydrogen (secondary N) is 1. The molecule has 1 saturated carbocycles. The lowest BCUT2D eigenvalue weighted by Crippen LogP contribution is -2.48. The van der Waals surface area contributed by atoms with Crippen molar-refractivity contribution in [1.82, 2.24) is 20.1 Å². The second kappa shape index (κ2) is 8.54. The maximum Gasteiger partial charge on any atom is 0.346 e. The number of ether oxygens (including phenoxy) is 1. The van der Waals surface area contributed by atoms with Gasteiger partial charge in [-0.15, -0.1) is 5.01 Å². The predicted molar refractivity (Wildman–Crippen MR) is 124 cm³/mol. The van der Waals surface area contributed by atoms with Crippen LogP contribution in [-0.2, 0) is 4.79 Å². The van der Waals surface area contributed by atoms with Gasteiger partial charge in [-0.05, 0) is 49.2 Å². The summed E-state index contributed by atoms with van der Waals surface area (Å²) in [5.41, 5.74) is 2.33. The number of rotatable bonds is 5. The molecule has 0 unspecified atom stereocenters. The molecule has 8 nitrogen and oxygen atoms in total. The fourth-order valence-electron chi connectivity index (χ4n) is 4.49. The first-order chi connectivity index (χ1) is 16.1. The molecule has 0 bridgehead atoms. The van der Waals surface area contributed by atoms with Gasteiger partial charge in [-0.25, -0.2) is 9.48 Å². The van der Waals surface area contributed by atoms with Gasteiger partial charge in [-0.3, -0.25) is 4.79 Å². The van der Waals surface area contributed by atoms with Crippen LogP contribution in [0.25, 0.3) is 16.9 Å². The van der Waals surface area contributed by atoms with E-state index in [0.29, 0.717) is 24.1 Å². The average Bonchev–Trinajstić information content (AvgIpc) is 3.38. The number of hydrogen-bond acceptors (Lipinski definition) is 5. The van der Waals surface area contributed by atoms with E-state index in [0.717, 1.165) is 41.3 Å². The number of hydrogen-bond donors (Lipinski definition) is 1. The number of aromatic nitrogens is 2. The summed E-state index contributed by atoms with van der Waals surface area (Å²) in [6.07, 6.45) is 7.62. The molecule has 1 spiro atoms. The Morgan fingerprint density at radius 1 is 1.03 bits per heavy atom. The van der Waals surface area contributed by atoms with E-state index in [1.54, 1.807) is 11.8 Å². The van der Waals surface area contributed by atoms with Gasteiger partial charge in [0.25, 0.3) is 5.91 Å². The molecule has 2 aromatic carbocycles. The third kappa shape index (κ3) is 3.88. The highest BCUT2D eigenvalue weighted by Crippen LogP contribution is 2.34. The molecule has 3 amide bonds. The first-order valence-electron chi connectivity index (χ1n) is 11.1. The summed E-state index contributed by atoms with van der Waals surface area (Å²) in [7, 11) is 1.62. The number of carbonyl (C=O) groups excluding carboxylic acids is 2. The highest BCUT2D eigenvalue weighted by atomic mass is 16.5. The highest BCUT2D eigenvalue weighted by molar-refractivity contribution is 6.07. The molecule has 1 aliphatic heterocycles. The van der Waals surface area contributed by atoms with Crippen LogP contribution in [0, 0.1) is 0 Å². The van der Waals surface area contributed by atoms with Crippen LogP contribution >= 0.6 is 0 Å². The minimum atomic E-state index is -0.806. The number of benzene rings is 2. The lowest BCUT2D eigenvalue weighted by molar-refractivity contribution is -0.132. The van der Waals surface area contributed by atoms with Crippen LogP contribution in [0.4, 0.5) is 4.79 Å². The summed E-state index contributed by atoms with van der Waals surface area (Å²) in [6, 6.07) is 16.8. The first kappa shape index (κ1) is 20.9. The van der Waals surface area contributed by atoms with Crippen molar-refractivity contribution in [1.29, 1.82) is 0 Å². The third-order valence-corrected chi connectivity index (χ3v) is 6.29. The van der Waals surface area contributed by atoms with Gasteiger partial charge in [0.2, 0.25) is 0 Å². The van der Waals surface area contributed by atoms with Crippen LogP contribution in [0.5, 0.6) is 5.75 Å². The van der Waals surface area contributed by atoms with Crippen molar-refractivity contribution >= 4 is 18.2 Å². The van der Waals surface area contributed by atoms with Crippen molar-refractivity contribution < 1.29 is 14.3 Å². The lowest BCUT2D eigenvalue weighted by Gasteiger charge is -2.29. The monoisotopic (exact) mass is 443 g/mol. The average molecular weight is 444 g/mol. The molecule has 1 saturated heterocycles. The lowest BCUT2D eigenvalue weighted by atomic mass is 9.82. The second-order valence-electron chi connectivity index (χ2n) is 8.38. The Kier molecular flexibility index (Phi) is 5.42. The fraction of sp³-hybridized carbons (Fsp3) is 0.280. The molecule has 8 heteroatoms. The number of amides is 3. The number of carbonyl (C=O) groups is 2. The van der Waals surface area contributed by atoms with Gasteiger partial charge in [0, 0.05) is 17.3 Å². The van der Waals surface area contributed by atoms with Crippen LogP contribution < -0.4 is 10.1 Å². The number of imide groups is 1. The molecule has 5 rings (SSSR count). The van der Waals surface area contributed by atoms with E-state index in [2.05, 4.69) is 10.4 Å². The highest BCUT2D eigenvalue weighted by Gasteiger charge is 2.51. The zero-order valence-corrected chi connectivity index (χ0v) is 18.4. The molecule has 168 valence electrons. The van der Waals surface area contributed by atoms with E-state index in [-0.39, 0.29) is 5.91 Å². The molecular formula is C25H25N5O3. The molecular weight excluding hydrogens is 418 g/mol. The maximum atomic E-state index is 13.1. The normalized spacial score (nSPS) is 17.7. The van der Waals surface area contributed by atoms with Crippen LogP contribution in [0.15, 0.2) is 65.9 Å². The number of para-hydroxylation sites is 1. The molecule has 33 heavy (non-hydrogen) atoms. The predicted octanol–water partition coefficient (Wildman–Crippen LogP) is 4.14. The van der Waals surface area contributed by atoms with Gasteiger partial charge >= 0.3 is 6.03 Å². The molecule has 2 aliphatic rings. The van der Waals surface area contributed by atoms with Crippen LogP contribution in [0.2, 0.25) is 0 Å². The first-order valence-corrected chi connectivity index (χ1v) is 11.1. The van der Waals surface area contributed by atoms with Crippen molar-refractivity contribution in [2.24, 2.45) is 5.10 Å². The van der Waals surface area contributed by atoms with Crippen molar-refractivity contribution in [2.75, 3.05) is 7.11 Å². The zero-order valence-electron chi connectivity index (χ0n) is 18.4. The minimum absolute atomic E-state index is 0.273. The number of hydrazone groups is 1. The molecule has 0 atom stereocenters. The van der Waals surface area contributed by atoms with Gasteiger partial charge in [0.1, 0.15) is 17.0 Å². The summed E-state index contributed by atoms with van der Waals surface area (Å²) >= 11 is 0. The standard InChI is InChI=1S/C25H25N5O3/c1-33-21-12-10-18(11-13-21)22-19(17-29(28-22)20-8-4-2-5-9-20)16-26-30-23(31)25(27-24(30)32)14-6-3-7-15-25/h2,4-5,8-13,16-17H,3,6-7,14-15H2,1H3,(H,27,32)/b26-16-. The van der Waals surface area contributed by atoms with Gasteiger partial charge in [0.05, 0.1) is 19.0 Å². The zero-order chi connectivity index (χ0) is 22.8. The van der Waals surface area contributed by atoms with Gasteiger partial charge < -0.3 is 10.1 Å². The van der Waals surface area contributed by atoms with Gasteiger partial charge in [-0.2, -0.15) is 10.2 Å². The Morgan fingerprint density at radius 2 is 1.76 bits per heavy atom. The van der Waals surface area contributed by atoms with Crippen molar-refractivity contribution in [3.63, 3.8) is 0 Å². The summed E-state index contributed by atoms with van der Waals surface area (Å²) in [6.45, 7) is 0. The molecule has 1 aromatic heterocycles. The molecule has 1 N–H and O–H groups in total. The van der Waals surface area contributed by atoms with E-state index < -0.39 is 11.6 Å². The molecule has 2 heterocycles. The van der Waals surface area contributed by atoms with E-state index in [4.69, 9.17) is 9.84 Å². The van der Waals surface area contributed by atoms with E-state index >= 15 is 0 Å². The summed E-state index contributed by atoms with van der Waals surface area (Å²) in [4.78, 5) is 25.6. The molecule has 3 aromatic rings. The number of nitrogens with zero attached hydrogens (tertiary/aromatic N) is 4. The topological polar surface area (TPSA) is 88.8 Å². The molecule has 0 radical (unpaired) electrons. The van der Waals surface area contributed by atoms with E-state index in [1.807, 2.05) is 60.8 Å². The smallest absolute Gasteiger partial charge is 0.346 e. The van der Waals surface area contributed by atoms with E-state index in [1.165, 1.54) is 6.21 Å². The third-order valence-electron chi connectivity index (χ3n) is 6.29. The van der Waals surface area contributed by atoms with Crippen LogP contribution in [0.3, 0.4) is 0 Å². The quantitative estimate of drug-likeness (QED) is 0.474. The molecule has 2 fully saturated rings. The van der Waals surface area contributed by atoms with Crippen LogP contribution in [-0.4, -0.2) is 45.6 Å². The Bertz CT molecular complexity index is 1190. The summed E-state index contributed by atoms with van der Waals surface area (Å²) in [5.74, 6) is 0.471. The Hall–Kier alpha value is -3.94. The summed E-state index contributed by atoms with van der Waals surface area (Å²) in [5, 5.41) is 12.9. The second-order valence-corrected chi connectivity index (χ2v) is 8.38. The SMILES string of the molecule is COc1ccc(-c2nn(-c3ccccc3)cc2/C=N\N2C(=O)NC3(CCCCC3)C2=O)cc1.